The Balaban J connectivity index is 1.97. The molecule has 3 aromatic carbocycles. The quantitative estimate of drug-likeness (QED) is 0.508. The van der Waals surface area contributed by atoms with E-state index in [0.29, 0.717) is 11.8 Å². The first-order valence-electron chi connectivity index (χ1n) is 8.79. The fourth-order valence-corrected chi connectivity index (χ4v) is 3.64. The average molecular weight is 314 g/mol. The highest BCUT2D eigenvalue weighted by Crippen LogP contribution is 2.33. The largest absolute Gasteiger partial charge is 0.0622 e. The van der Waals surface area contributed by atoms with Crippen LogP contribution in [0.4, 0.5) is 0 Å². The van der Waals surface area contributed by atoms with Crippen molar-refractivity contribution in [2.75, 3.05) is 0 Å². The average Bonchev–Trinajstić information content (AvgIpc) is 2.63. The third kappa shape index (κ3) is 3.28. The minimum atomic E-state index is 0.422. The summed E-state index contributed by atoms with van der Waals surface area (Å²) in [5.74, 6) is 0.844. The van der Waals surface area contributed by atoms with Gasteiger partial charge in [0.05, 0.1) is 0 Å². The highest BCUT2D eigenvalue weighted by molar-refractivity contribution is 5.46. The Labute approximate surface area is 146 Å². The van der Waals surface area contributed by atoms with Crippen molar-refractivity contribution in [2.45, 2.75) is 39.5 Å². The number of rotatable bonds is 4. The van der Waals surface area contributed by atoms with Gasteiger partial charge >= 0.3 is 0 Å². The Morgan fingerprint density at radius 2 is 0.875 bits per heavy atom. The van der Waals surface area contributed by atoms with Gasteiger partial charge in [-0.1, -0.05) is 86.6 Å². The Kier molecular flexibility index (Phi) is 4.85. The topological polar surface area (TPSA) is 0 Å². The molecule has 0 saturated carbocycles. The van der Waals surface area contributed by atoms with E-state index in [0.717, 1.165) is 0 Å². The van der Waals surface area contributed by atoms with Crippen molar-refractivity contribution >= 4 is 0 Å². The highest BCUT2D eigenvalue weighted by Gasteiger charge is 2.16. The maximum absolute atomic E-state index is 2.39. The van der Waals surface area contributed by atoms with E-state index in [1.165, 1.54) is 33.4 Å². The second-order valence-electron chi connectivity index (χ2n) is 6.83. The van der Waals surface area contributed by atoms with Crippen LogP contribution in [0.1, 0.15) is 59.1 Å². The van der Waals surface area contributed by atoms with Crippen LogP contribution >= 0.6 is 0 Å². The summed E-state index contributed by atoms with van der Waals surface area (Å²) in [6.45, 7) is 9.10. The zero-order valence-corrected chi connectivity index (χ0v) is 15.1. The molecule has 0 aliphatic rings. The summed E-state index contributed by atoms with van der Waals surface area (Å²) in [4.78, 5) is 0. The van der Waals surface area contributed by atoms with Crippen LogP contribution in [0.5, 0.6) is 0 Å². The van der Waals surface area contributed by atoms with Gasteiger partial charge in [-0.05, 0) is 47.2 Å². The number of hydrogen-bond acceptors (Lipinski definition) is 0. The van der Waals surface area contributed by atoms with Gasteiger partial charge in [0.2, 0.25) is 0 Å². The fourth-order valence-electron chi connectivity index (χ4n) is 3.64. The molecule has 0 heterocycles. The Morgan fingerprint density at radius 3 is 1.21 bits per heavy atom. The van der Waals surface area contributed by atoms with E-state index in [4.69, 9.17) is 0 Å². The van der Waals surface area contributed by atoms with E-state index >= 15 is 0 Å². The van der Waals surface area contributed by atoms with Crippen molar-refractivity contribution in [2.24, 2.45) is 0 Å². The highest BCUT2D eigenvalue weighted by atomic mass is 14.2. The summed E-state index contributed by atoms with van der Waals surface area (Å²) in [6, 6.07) is 26.3. The lowest BCUT2D eigenvalue weighted by Crippen LogP contribution is -2.04. The molecule has 0 radical (unpaired) electrons. The number of aryl methyl sites for hydroxylation is 2. The van der Waals surface area contributed by atoms with Crippen LogP contribution < -0.4 is 0 Å². The normalized spacial score (nSPS) is 13.5. The fraction of sp³-hybridized carbons (Fsp3) is 0.250. The van der Waals surface area contributed by atoms with Crippen LogP contribution in [-0.4, -0.2) is 0 Å². The van der Waals surface area contributed by atoms with Crippen LogP contribution in [0.2, 0.25) is 0 Å². The molecule has 2 atom stereocenters. The third-order valence-electron chi connectivity index (χ3n) is 5.19. The monoisotopic (exact) mass is 314 g/mol. The molecule has 2 unspecified atom stereocenters. The Morgan fingerprint density at radius 1 is 0.542 bits per heavy atom. The molecule has 122 valence electrons. The van der Waals surface area contributed by atoms with Gasteiger partial charge in [0, 0.05) is 11.8 Å². The first kappa shape index (κ1) is 16.5. The molecule has 0 saturated heterocycles. The zero-order chi connectivity index (χ0) is 17.1. The van der Waals surface area contributed by atoms with Gasteiger partial charge in [-0.2, -0.15) is 0 Å². The molecule has 0 aliphatic heterocycles. The first-order valence-corrected chi connectivity index (χ1v) is 8.79. The van der Waals surface area contributed by atoms with Gasteiger partial charge in [0.15, 0.2) is 0 Å². The molecule has 0 amide bonds. The van der Waals surface area contributed by atoms with Crippen LogP contribution in [-0.2, 0) is 0 Å². The maximum atomic E-state index is 2.39. The molecule has 0 aromatic heterocycles. The second kappa shape index (κ2) is 7.05. The smallest absolute Gasteiger partial charge is 0.00637 e. The van der Waals surface area contributed by atoms with Crippen molar-refractivity contribution in [3.63, 3.8) is 0 Å². The van der Waals surface area contributed by atoms with Gasteiger partial charge in [0.25, 0.3) is 0 Å². The van der Waals surface area contributed by atoms with Gasteiger partial charge in [0.1, 0.15) is 0 Å². The molecule has 3 rings (SSSR count). The summed E-state index contributed by atoms with van der Waals surface area (Å²) in [5, 5.41) is 0. The third-order valence-corrected chi connectivity index (χ3v) is 5.19. The van der Waals surface area contributed by atoms with Crippen molar-refractivity contribution in [3.8, 4) is 0 Å². The minimum Gasteiger partial charge on any atom is -0.0622 e. The van der Waals surface area contributed by atoms with Crippen LogP contribution in [0.25, 0.3) is 0 Å². The van der Waals surface area contributed by atoms with E-state index in [2.05, 4.69) is 100 Å². The lowest BCUT2D eigenvalue weighted by molar-refractivity contribution is 0.877. The van der Waals surface area contributed by atoms with Gasteiger partial charge < -0.3 is 0 Å². The van der Waals surface area contributed by atoms with Crippen LogP contribution in [0.3, 0.4) is 0 Å². The standard InChI is InChI=1S/C24H26/c1-17-15-24(20(4)22-13-9-6-10-14-22)18(2)16-23(17)19(3)21-11-7-5-8-12-21/h5-16,19-20H,1-4H3. The van der Waals surface area contributed by atoms with Crippen molar-refractivity contribution in [1.82, 2.24) is 0 Å². The molecule has 0 bridgehead atoms. The summed E-state index contributed by atoms with van der Waals surface area (Å²) in [6.07, 6.45) is 0. The van der Waals surface area contributed by atoms with Gasteiger partial charge in [-0.25, -0.2) is 0 Å². The molecule has 0 fully saturated rings. The molecular formula is C24H26. The molecule has 3 aromatic rings. The summed E-state index contributed by atoms with van der Waals surface area (Å²) >= 11 is 0. The summed E-state index contributed by atoms with van der Waals surface area (Å²) in [5.41, 5.74) is 8.39. The summed E-state index contributed by atoms with van der Waals surface area (Å²) < 4.78 is 0. The lowest BCUT2D eigenvalue weighted by atomic mass is 9.83. The van der Waals surface area contributed by atoms with Gasteiger partial charge in [-0.3, -0.25) is 0 Å². The lowest BCUT2D eigenvalue weighted by Gasteiger charge is -2.21. The van der Waals surface area contributed by atoms with Crippen molar-refractivity contribution < 1.29 is 0 Å². The molecular weight excluding hydrogens is 288 g/mol. The molecule has 24 heavy (non-hydrogen) atoms. The maximum Gasteiger partial charge on any atom is 0.00637 e. The molecule has 0 spiro atoms. The van der Waals surface area contributed by atoms with Crippen LogP contribution in [0.15, 0.2) is 72.8 Å². The molecule has 0 aliphatic carbocycles. The molecule has 0 N–H and O–H groups in total. The number of benzene rings is 3. The first-order chi connectivity index (χ1) is 11.6. The summed E-state index contributed by atoms with van der Waals surface area (Å²) in [7, 11) is 0. The van der Waals surface area contributed by atoms with Crippen molar-refractivity contribution in [1.29, 1.82) is 0 Å². The van der Waals surface area contributed by atoms with E-state index in [9.17, 15) is 0 Å². The Bertz CT molecular complexity index is 729. The molecule has 0 nitrogen and oxygen atoms in total. The minimum absolute atomic E-state index is 0.422. The zero-order valence-electron chi connectivity index (χ0n) is 15.1. The molecule has 0 heteroatoms. The van der Waals surface area contributed by atoms with E-state index < -0.39 is 0 Å². The predicted octanol–water partition coefficient (Wildman–Crippen LogP) is 6.61. The van der Waals surface area contributed by atoms with Gasteiger partial charge in [-0.15, -0.1) is 0 Å². The number of hydrogen-bond donors (Lipinski definition) is 0. The van der Waals surface area contributed by atoms with E-state index in [1.54, 1.807) is 0 Å². The Hall–Kier alpha value is -2.34. The van der Waals surface area contributed by atoms with E-state index in [1.807, 2.05) is 0 Å². The van der Waals surface area contributed by atoms with E-state index in [-0.39, 0.29) is 0 Å². The van der Waals surface area contributed by atoms with Crippen molar-refractivity contribution in [3.05, 3.63) is 106 Å². The van der Waals surface area contributed by atoms with Crippen LogP contribution in [0, 0.1) is 13.8 Å². The SMILES string of the molecule is Cc1cc(C(C)c2ccccc2)c(C)cc1C(C)c1ccccc1. The predicted molar refractivity (Wildman–Crippen MR) is 104 cm³/mol. The second-order valence-corrected chi connectivity index (χ2v) is 6.83.